The second-order valence-corrected chi connectivity index (χ2v) is 5.35. The molecule has 0 aliphatic rings. The van der Waals surface area contributed by atoms with Crippen molar-refractivity contribution in [1.29, 1.82) is 0 Å². The van der Waals surface area contributed by atoms with E-state index in [-0.39, 0.29) is 18.8 Å². The van der Waals surface area contributed by atoms with Crippen molar-refractivity contribution in [3.05, 3.63) is 0 Å². The van der Waals surface area contributed by atoms with Crippen LogP contribution in [0.3, 0.4) is 0 Å². The number of rotatable bonds is 9. The third kappa shape index (κ3) is 7.02. The van der Waals surface area contributed by atoms with Gasteiger partial charge in [-0.3, -0.25) is 14.4 Å². The standard InChI is InChI=1S/C13H23N3O6/c1-6(2)10(13(21)22)16-12(20)8(4-5-9(17)18)15-11(19)7(3)14/h6-8,10H,4-5,14H2,1-3H3,(H,15,19)(H,16,20)(H,17,18)(H,21,22). The Morgan fingerprint density at radius 3 is 1.91 bits per heavy atom. The molecule has 6 N–H and O–H groups in total. The van der Waals surface area contributed by atoms with Gasteiger partial charge in [0.05, 0.1) is 6.04 Å². The average molecular weight is 317 g/mol. The van der Waals surface area contributed by atoms with Gasteiger partial charge in [0.2, 0.25) is 11.8 Å². The highest BCUT2D eigenvalue weighted by Gasteiger charge is 2.29. The lowest BCUT2D eigenvalue weighted by Gasteiger charge is -2.23. The van der Waals surface area contributed by atoms with Crippen LogP contribution in [-0.4, -0.2) is 52.1 Å². The first-order chi connectivity index (χ1) is 10.1. The summed E-state index contributed by atoms with van der Waals surface area (Å²) in [6.07, 6.45) is -0.513. The fourth-order valence-electron chi connectivity index (χ4n) is 1.61. The van der Waals surface area contributed by atoms with Gasteiger partial charge in [-0.2, -0.15) is 0 Å². The molecule has 0 spiro atoms. The number of carbonyl (C=O) groups is 4. The van der Waals surface area contributed by atoms with E-state index < -0.39 is 41.9 Å². The van der Waals surface area contributed by atoms with Crippen molar-refractivity contribution in [2.24, 2.45) is 11.7 Å². The molecule has 0 aliphatic carbocycles. The molecule has 9 nitrogen and oxygen atoms in total. The van der Waals surface area contributed by atoms with E-state index in [1.165, 1.54) is 6.92 Å². The number of hydrogen-bond donors (Lipinski definition) is 5. The maximum atomic E-state index is 12.1. The van der Waals surface area contributed by atoms with Gasteiger partial charge in [0, 0.05) is 6.42 Å². The third-order valence-electron chi connectivity index (χ3n) is 2.92. The first-order valence-corrected chi connectivity index (χ1v) is 6.87. The highest BCUT2D eigenvalue weighted by atomic mass is 16.4. The van der Waals surface area contributed by atoms with Gasteiger partial charge in [-0.15, -0.1) is 0 Å². The first-order valence-electron chi connectivity index (χ1n) is 6.87. The van der Waals surface area contributed by atoms with Crippen LogP contribution in [0.4, 0.5) is 0 Å². The summed E-state index contributed by atoms with van der Waals surface area (Å²) in [6, 6.07) is -3.16. The molecular weight excluding hydrogens is 294 g/mol. The van der Waals surface area contributed by atoms with Crippen molar-refractivity contribution in [2.75, 3.05) is 0 Å². The molecule has 2 amide bonds. The van der Waals surface area contributed by atoms with E-state index in [0.29, 0.717) is 0 Å². The highest BCUT2D eigenvalue weighted by Crippen LogP contribution is 2.05. The number of carboxylic acids is 2. The molecular formula is C13H23N3O6. The zero-order valence-corrected chi connectivity index (χ0v) is 12.8. The summed E-state index contributed by atoms with van der Waals surface area (Å²) in [7, 11) is 0. The maximum absolute atomic E-state index is 12.1. The van der Waals surface area contributed by atoms with Crippen LogP contribution in [-0.2, 0) is 19.2 Å². The van der Waals surface area contributed by atoms with Gasteiger partial charge in [-0.1, -0.05) is 13.8 Å². The van der Waals surface area contributed by atoms with Crippen LogP contribution in [0.15, 0.2) is 0 Å². The Bertz CT molecular complexity index is 435. The smallest absolute Gasteiger partial charge is 0.326 e. The molecule has 22 heavy (non-hydrogen) atoms. The SMILES string of the molecule is CC(N)C(=O)NC(CCC(=O)O)C(=O)NC(C(=O)O)C(C)C. The molecule has 0 saturated carbocycles. The predicted molar refractivity (Wildman–Crippen MR) is 76.9 cm³/mol. The molecule has 3 atom stereocenters. The molecule has 0 fully saturated rings. The second-order valence-electron chi connectivity index (χ2n) is 5.35. The van der Waals surface area contributed by atoms with E-state index in [1.54, 1.807) is 13.8 Å². The summed E-state index contributed by atoms with van der Waals surface area (Å²) in [6.45, 7) is 4.65. The summed E-state index contributed by atoms with van der Waals surface area (Å²) in [5, 5.41) is 22.3. The van der Waals surface area contributed by atoms with Gasteiger partial charge in [0.25, 0.3) is 0 Å². The minimum atomic E-state index is -1.21. The van der Waals surface area contributed by atoms with Crippen molar-refractivity contribution >= 4 is 23.8 Å². The number of carboxylic acid groups (broad SMARTS) is 2. The number of carbonyl (C=O) groups excluding carboxylic acids is 2. The summed E-state index contributed by atoms with van der Waals surface area (Å²) < 4.78 is 0. The molecule has 0 aromatic rings. The summed E-state index contributed by atoms with van der Waals surface area (Å²) in [4.78, 5) is 45.4. The van der Waals surface area contributed by atoms with Crippen molar-refractivity contribution in [1.82, 2.24) is 10.6 Å². The lowest BCUT2D eigenvalue weighted by Crippen LogP contribution is -2.55. The van der Waals surface area contributed by atoms with E-state index in [1.807, 2.05) is 0 Å². The largest absolute Gasteiger partial charge is 0.481 e. The Kier molecular flexibility index (Phi) is 8.10. The van der Waals surface area contributed by atoms with Crippen molar-refractivity contribution in [3.63, 3.8) is 0 Å². The van der Waals surface area contributed by atoms with Crippen LogP contribution in [0, 0.1) is 5.92 Å². The Hall–Kier alpha value is -2.16. The first kappa shape index (κ1) is 19.8. The highest BCUT2D eigenvalue weighted by molar-refractivity contribution is 5.91. The molecule has 0 bridgehead atoms. The fourth-order valence-corrected chi connectivity index (χ4v) is 1.61. The third-order valence-corrected chi connectivity index (χ3v) is 2.92. The number of nitrogens with one attached hydrogen (secondary N) is 2. The van der Waals surface area contributed by atoms with E-state index in [4.69, 9.17) is 15.9 Å². The molecule has 9 heteroatoms. The van der Waals surface area contributed by atoms with Crippen molar-refractivity contribution < 1.29 is 29.4 Å². The summed E-state index contributed by atoms with van der Waals surface area (Å²) in [5.41, 5.74) is 5.38. The normalized spacial score (nSPS) is 14.8. The van der Waals surface area contributed by atoms with Crippen molar-refractivity contribution in [3.8, 4) is 0 Å². The summed E-state index contributed by atoms with van der Waals surface area (Å²) in [5.74, 6) is -4.09. The minimum Gasteiger partial charge on any atom is -0.481 e. The second kappa shape index (κ2) is 8.98. The number of hydrogen-bond acceptors (Lipinski definition) is 5. The Morgan fingerprint density at radius 1 is 1.00 bits per heavy atom. The van der Waals surface area contributed by atoms with Crippen LogP contribution >= 0.6 is 0 Å². The van der Waals surface area contributed by atoms with Gasteiger partial charge in [-0.05, 0) is 19.3 Å². The monoisotopic (exact) mass is 317 g/mol. The fraction of sp³-hybridized carbons (Fsp3) is 0.692. The van der Waals surface area contributed by atoms with Gasteiger partial charge >= 0.3 is 11.9 Å². The van der Waals surface area contributed by atoms with Crippen LogP contribution in [0.25, 0.3) is 0 Å². The van der Waals surface area contributed by atoms with Gasteiger partial charge in [-0.25, -0.2) is 4.79 Å². The van der Waals surface area contributed by atoms with Crippen molar-refractivity contribution in [2.45, 2.75) is 51.7 Å². The topological polar surface area (TPSA) is 159 Å². The predicted octanol–water partition coefficient (Wildman–Crippen LogP) is -1.09. The molecule has 0 aliphatic heterocycles. The maximum Gasteiger partial charge on any atom is 0.326 e. The Labute approximate surface area is 128 Å². The molecule has 0 aromatic carbocycles. The lowest BCUT2D eigenvalue weighted by molar-refractivity contribution is -0.144. The van der Waals surface area contributed by atoms with E-state index >= 15 is 0 Å². The van der Waals surface area contributed by atoms with Crippen LogP contribution in [0.5, 0.6) is 0 Å². The van der Waals surface area contributed by atoms with Crippen LogP contribution in [0.2, 0.25) is 0 Å². The molecule has 0 radical (unpaired) electrons. The van der Waals surface area contributed by atoms with Crippen LogP contribution in [0.1, 0.15) is 33.6 Å². The minimum absolute atomic E-state index is 0.163. The molecule has 0 heterocycles. The van der Waals surface area contributed by atoms with E-state index in [0.717, 1.165) is 0 Å². The molecule has 126 valence electrons. The number of nitrogens with two attached hydrogens (primary N) is 1. The number of amides is 2. The lowest BCUT2D eigenvalue weighted by atomic mass is 10.0. The molecule has 3 unspecified atom stereocenters. The van der Waals surface area contributed by atoms with Gasteiger partial charge in [0.1, 0.15) is 12.1 Å². The Morgan fingerprint density at radius 2 is 1.55 bits per heavy atom. The zero-order chi connectivity index (χ0) is 17.4. The zero-order valence-electron chi connectivity index (χ0n) is 12.8. The average Bonchev–Trinajstić information content (AvgIpc) is 2.38. The quantitative estimate of drug-likeness (QED) is 0.361. The molecule has 0 saturated heterocycles. The van der Waals surface area contributed by atoms with E-state index in [2.05, 4.69) is 10.6 Å². The van der Waals surface area contributed by atoms with Crippen LogP contribution < -0.4 is 16.4 Å². The molecule has 0 aromatic heterocycles. The van der Waals surface area contributed by atoms with Gasteiger partial charge in [0.15, 0.2) is 0 Å². The van der Waals surface area contributed by atoms with E-state index in [9.17, 15) is 19.2 Å². The number of aliphatic carboxylic acids is 2. The Balaban J connectivity index is 4.97. The van der Waals surface area contributed by atoms with Gasteiger partial charge < -0.3 is 26.6 Å². The molecule has 0 rings (SSSR count). The summed E-state index contributed by atoms with van der Waals surface area (Å²) >= 11 is 0.